The fraction of sp³-hybridized carbons (Fsp3) is 0.125. The number of fused-ring (bicyclic) bond motifs is 1. The maximum absolute atomic E-state index is 5.33. The second kappa shape index (κ2) is 6.12. The number of H-pyrrole nitrogens is 1. The first-order valence-electron chi connectivity index (χ1n) is 6.50. The molecule has 2 N–H and O–H groups in total. The van der Waals surface area contributed by atoms with Crippen molar-refractivity contribution >= 4 is 48.5 Å². The Kier molecular flexibility index (Phi) is 4.22. The van der Waals surface area contributed by atoms with Gasteiger partial charge in [0.1, 0.15) is 5.75 Å². The van der Waals surface area contributed by atoms with Gasteiger partial charge in [0.15, 0.2) is 0 Å². The number of aromatic nitrogens is 1. The number of methoxy groups -OCH3 is 1. The number of halogens is 2. The van der Waals surface area contributed by atoms with Crippen LogP contribution in [0.15, 0.2) is 51.5 Å². The molecule has 0 radical (unpaired) electrons. The van der Waals surface area contributed by atoms with Crippen molar-refractivity contribution in [2.75, 3.05) is 12.4 Å². The van der Waals surface area contributed by atoms with Crippen LogP contribution in [0.4, 0.5) is 5.69 Å². The van der Waals surface area contributed by atoms with Gasteiger partial charge in [-0.1, -0.05) is 6.07 Å². The number of ether oxygens (including phenoxy) is 1. The molecule has 5 heteroatoms. The molecule has 0 spiro atoms. The predicted molar refractivity (Wildman–Crippen MR) is 94.0 cm³/mol. The lowest BCUT2D eigenvalue weighted by Gasteiger charge is -2.12. The van der Waals surface area contributed by atoms with Crippen molar-refractivity contribution in [1.82, 2.24) is 4.98 Å². The minimum absolute atomic E-state index is 0.754. The number of nitrogens with one attached hydrogen (secondary N) is 2. The van der Waals surface area contributed by atoms with E-state index >= 15 is 0 Å². The number of anilines is 1. The molecule has 0 fully saturated rings. The van der Waals surface area contributed by atoms with Crippen molar-refractivity contribution < 1.29 is 4.74 Å². The molecule has 0 aliphatic heterocycles. The van der Waals surface area contributed by atoms with Crippen LogP contribution in [0.25, 0.3) is 10.9 Å². The van der Waals surface area contributed by atoms with E-state index in [9.17, 15) is 0 Å². The minimum Gasteiger partial charge on any atom is -0.495 e. The van der Waals surface area contributed by atoms with Gasteiger partial charge < -0.3 is 15.0 Å². The van der Waals surface area contributed by atoms with Gasteiger partial charge in [-0.2, -0.15) is 0 Å². The normalized spacial score (nSPS) is 10.8. The molecule has 2 aromatic carbocycles. The van der Waals surface area contributed by atoms with Crippen molar-refractivity contribution in [3.63, 3.8) is 0 Å². The van der Waals surface area contributed by atoms with Gasteiger partial charge in [0.25, 0.3) is 0 Å². The van der Waals surface area contributed by atoms with Crippen LogP contribution in [-0.4, -0.2) is 12.1 Å². The van der Waals surface area contributed by atoms with Crippen LogP contribution < -0.4 is 10.1 Å². The van der Waals surface area contributed by atoms with Crippen LogP contribution in [-0.2, 0) is 6.54 Å². The van der Waals surface area contributed by atoms with Crippen LogP contribution in [0.1, 0.15) is 5.56 Å². The monoisotopic (exact) mass is 408 g/mol. The second-order valence-corrected chi connectivity index (χ2v) is 6.43. The Labute approximate surface area is 140 Å². The molecule has 1 heterocycles. The third-order valence-corrected chi connectivity index (χ3v) is 4.62. The molecule has 0 amide bonds. The minimum atomic E-state index is 0.754. The van der Waals surface area contributed by atoms with E-state index in [1.54, 1.807) is 7.11 Å². The summed E-state index contributed by atoms with van der Waals surface area (Å²) in [5, 5.41) is 4.65. The summed E-state index contributed by atoms with van der Waals surface area (Å²) in [6.07, 6.45) is 1.96. The van der Waals surface area contributed by atoms with Crippen molar-refractivity contribution in [2.24, 2.45) is 0 Å². The maximum atomic E-state index is 5.33. The van der Waals surface area contributed by atoms with E-state index in [0.29, 0.717) is 0 Å². The molecule has 0 saturated heterocycles. The fourth-order valence-corrected chi connectivity index (χ4v) is 3.53. The van der Waals surface area contributed by atoms with Gasteiger partial charge in [0.2, 0.25) is 0 Å². The number of hydrogen-bond donors (Lipinski definition) is 2. The lowest BCUT2D eigenvalue weighted by atomic mass is 10.1. The zero-order chi connectivity index (χ0) is 14.8. The molecule has 1 aromatic heterocycles. The van der Waals surface area contributed by atoms with Gasteiger partial charge in [-0.15, -0.1) is 0 Å². The molecule has 3 nitrogen and oxygen atoms in total. The van der Waals surface area contributed by atoms with Gasteiger partial charge in [-0.05, 0) is 67.1 Å². The summed E-state index contributed by atoms with van der Waals surface area (Å²) >= 11 is 7.04. The molecule has 0 unspecified atom stereocenters. The van der Waals surface area contributed by atoms with Gasteiger partial charge in [0, 0.05) is 28.8 Å². The van der Waals surface area contributed by atoms with Crippen molar-refractivity contribution in [3.05, 3.63) is 57.1 Å². The molecule has 0 aliphatic rings. The van der Waals surface area contributed by atoms with E-state index in [1.165, 1.54) is 10.9 Å². The highest BCUT2D eigenvalue weighted by Crippen LogP contribution is 2.34. The Morgan fingerprint density at radius 2 is 1.95 bits per heavy atom. The second-order valence-electron chi connectivity index (χ2n) is 4.72. The smallest absolute Gasteiger partial charge is 0.135 e. The first-order valence-corrected chi connectivity index (χ1v) is 8.09. The quantitative estimate of drug-likeness (QED) is 0.612. The van der Waals surface area contributed by atoms with Crippen molar-refractivity contribution in [3.8, 4) is 5.75 Å². The first-order chi connectivity index (χ1) is 10.2. The zero-order valence-electron chi connectivity index (χ0n) is 11.4. The predicted octanol–water partition coefficient (Wildman–Crippen LogP) is 5.31. The van der Waals surface area contributed by atoms with Crippen molar-refractivity contribution in [2.45, 2.75) is 6.54 Å². The molecular formula is C16H14Br2N2O. The lowest BCUT2D eigenvalue weighted by molar-refractivity contribution is 0.412. The maximum Gasteiger partial charge on any atom is 0.135 e. The highest BCUT2D eigenvalue weighted by molar-refractivity contribution is 9.11. The van der Waals surface area contributed by atoms with Gasteiger partial charge in [0.05, 0.1) is 17.3 Å². The van der Waals surface area contributed by atoms with E-state index in [0.717, 1.165) is 32.4 Å². The fourth-order valence-electron chi connectivity index (χ4n) is 2.23. The van der Waals surface area contributed by atoms with E-state index in [4.69, 9.17) is 4.74 Å². The molecule has 108 valence electrons. The van der Waals surface area contributed by atoms with Crippen LogP contribution in [0.5, 0.6) is 5.75 Å². The van der Waals surface area contributed by atoms with Gasteiger partial charge in [-0.3, -0.25) is 0 Å². The molecule has 21 heavy (non-hydrogen) atoms. The van der Waals surface area contributed by atoms with E-state index in [2.05, 4.69) is 66.4 Å². The van der Waals surface area contributed by atoms with E-state index in [-0.39, 0.29) is 0 Å². The van der Waals surface area contributed by atoms with E-state index in [1.807, 2.05) is 18.3 Å². The largest absolute Gasteiger partial charge is 0.495 e. The molecular weight excluding hydrogens is 396 g/mol. The van der Waals surface area contributed by atoms with Crippen LogP contribution in [0, 0.1) is 0 Å². The van der Waals surface area contributed by atoms with Crippen LogP contribution >= 0.6 is 31.9 Å². The first kappa shape index (κ1) is 14.5. The average Bonchev–Trinajstić information content (AvgIpc) is 2.94. The van der Waals surface area contributed by atoms with Gasteiger partial charge >= 0.3 is 0 Å². The topological polar surface area (TPSA) is 37.0 Å². The summed E-state index contributed by atoms with van der Waals surface area (Å²) in [5.41, 5.74) is 3.39. The van der Waals surface area contributed by atoms with Crippen LogP contribution in [0.3, 0.4) is 0 Å². The Morgan fingerprint density at radius 3 is 2.76 bits per heavy atom. The zero-order valence-corrected chi connectivity index (χ0v) is 14.6. The Balaban J connectivity index is 1.80. The molecule has 3 aromatic rings. The third kappa shape index (κ3) is 3.09. The lowest BCUT2D eigenvalue weighted by Crippen LogP contribution is -2.00. The Bertz CT molecular complexity index is 783. The summed E-state index contributed by atoms with van der Waals surface area (Å²) < 4.78 is 7.25. The van der Waals surface area contributed by atoms with Gasteiger partial charge in [-0.25, -0.2) is 0 Å². The molecule has 0 bridgehead atoms. The molecule has 3 rings (SSSR count). The highest BCUT2D eigenvalue weighted by atomic mass is 79.9. The SMILES string of the molecule is COc1cc(NCc2ccc3[nH]ccc3c2)c(Br)cc1Br. The molecule has 0 saturated carbocycles. The summed E-state index contributed by atoms with van der Waals surface area (Å²) in [4.78, 5) is 3.20. The summed E-state index contributed by atoms with van der Waals surface area (Å²) in [7, 11) is 1.66. The van der Waals surface area contributed by atoms with E-state index < -0.39 is 0 Å². The molecule has 0 atom stereocenters. The summed E-state index contributed by atoms with van der Waals surface area (Å²) in [6.45, 7) is 0.754. The average molecular weight is 410 g/mol. The Hall–Kier alpha value is -1.46. The standard InChI is InChI=1S/C16H14Br2N2O/c1-21-16-8-15(12(17)7-13(16)18)20-9-10-2-3-14-11(6-10)4-5-19-14/h2-8,19-20H,9H2,1H3. The number of rotatable bonds is 4. The summed E-state index contributed by atoms with van der Waals surface area (Å²) in [6, 6.07) is 12.4. The number of hydrogen-bond acceptors (Lipinski definition) is 2. The Morgan fingerprint density at radius 1 is 1.10 bits per heavy atom. The highest BCUT2D eigenvalue weighted by Gasteiger charge is 2.07. The van der Waals surface area contributed by atoms with Crippen LogP contribution in [0.2, 0.25) is 0 Å². The third-order valence-electron chi connectivity index (χ3n) is 3.34. The number of aromatic amines is 1. The molecule has 0 aliphatic carbocycles. The summed E-state index contributed by atoms with van der Waals surface area (Å²) in [5.74, 6) is 0.807. The number of benzene rings is 2. The van der Waals surface area contributed by atoms with Crippen molar-refractivity contribution in [1.29, 1.82) is 0 Å².